The van der Waals surface area contributed by atoms with Crippen LogP contribution in [-0.2, 0) is 6.42 Å². The van der Waals surface area contributed by atoms with Gasteiger partial charge in [-0.2, -0.15) is 4.98 Å². The minimum Gasteiger partial charge on any atom is -0.334 e. The van der Waals surface area contributed by atoms with E-state index >= 15 is 0 Å². The van der Waals surface area contributed by atoms with E-state index in [2.05, 4.69) is 41.1 Å². The summed E-state index contributed by atoms with van der Waals surface area (Å²) in [7, 11) is 0. The zero-order valence-corrected chi connectivity index (χ0v) is 13.2. The van der Waals surface area contributed by atoms with Crippen molar-refractivity contribution >= 4 is 11.6 Å². The van der Waals surface area contributed by atoms with Crippen molar-refractivity contribution in [1.29, 1.82) is 0 Å². The molecule has 4 nitrogen and oxygen atoms in total. The number of halogens is 1. The summed E-state index contributed by atoms with van der Waals surface area (Å²) >= 11 is 6.05. The second kappa shape index (κ2) is 6.28. The van der Waals surface area contributed by atoms with E-state index in [4.69, 9.17) is 16.1 Å². The Morgan fingerprint density at radius 2 is 1.91 bits per heavy atom. The summed E-state index contributed by atoms with van der Waals surface area (Å²) in [5.41, 5.74) is 2.86. The zero-order chi connectivity index (χ0) is 15.5. The number of aromatic nitrogens is 3. The van der Waals surface area contributed by atoms with Gasteiger partial charge in [0.1, 0.15) is 5.15 Å². The molecule has 0 unspecified atom stereocenters. The minimum absolute atomic E-state index is 0.363. The minimum atomic E-state index is 0.363. The maximum Gasteiger partial charge on any atom is 0.258 e. The molecule has 2 aromatic heterocycles. The van der Waals surface area contributed by atoms with Gasteiger partial charge in [-0.25, -0.2) is 4.98 Å². The Morgan fingerprint density at radius 3 is 2.59 bits per heavy atom. The molecule has 0 saturated carbocycles. The molecule has 3 rings (SSSR count). The average molecular weight is 314 g/mol. The lowest BCUT2D eigenvalue weighted by atomic mass is 10.0. The van der Waals surface area contributed by atoms with Gasteiger partial charge in [0, 0.05) is 11.8 Å². The van der Waals surface area contributed by atoms with Crippen LogP contribution in [0.25, 0.3) is 22.8 Å². The Labute approximate surface area is 134 Å². The second-order valence-corrected chi connectivity index (χ2v) is 5.92. The van der Waals surface area contributed by atoms with E-state index in [1.807, 2.05) is 18.2 Å². The fourth-order valence-corrected chi connectivity index (χ4v) is 2.46. The molecule has 0 aliphatic heterocycles. The number of hydrogen-bond acceptors (Lipinski definition) is 4. The molecule has 0 atom stereocenters. The van der Waals surface area contributed by atoms with E-state index < -0.39 is 0 Å². The van der Waals surface area contributed by atoms with Crippen molar-refractivity contribution in [2.45, 2.75) is 20.3 Å². The maximum atomic E-state index is 6.05. The molecule has 0 saturated heterocycles. The molecule has 112 valence electrons. The molecule has 0 fully saturated rings. The fraction of sp³-hybridized carbons (Fsp3) is 0.235. The molecule has 3 aromatic rings. The predicted octanol–water partition coefficient (Wildman–Crippen LogP) is 4.65. The smallest absolute Gasteiger partial charge is 0.258 e. The highest BCUT2D eigenvalue weighted by Crippen LogP contribution is 2.26. The highest BCUT2D eigenvalue weighted by Gasteiger charge is 2.13. The van der Waals surface area contributed by atoms with Gasteiger partial charge in [0.05, 0.1) is 5.56 Å². The normalized spacial score (nSPS) is 11.1. The van der Waals surface area contributed by atoms with Gasteiger partial charge in [0.25, 0.3) is 5.89 Å². The lowest BCUT2D eigenvalue weighted by Gasteiger charge is -2.04. The highest BCUT2D eigenvalue weighted by molar-refractivity contribution is 6.31. The molecule has 2 heterocycles. The fourth-order valence-electron chi connectivity index (χ4n) is 2.26. The summed E-state index contributed by atoms with van der Waals surface area (Å²) in [5, 5.41) is 4.35. The first-order chi connectivity index (χ1) is 10.6. The number of benzene rings is 1. The molecular weight excluding hydrogens is 298 g/mol. The predicted molar refractivity (Wildman–Crippen MR) is 86.5 cm³/mol. The second-order valence-electron chi connectivity index (χ2n) is 5.56. The largest absolute Gasteiger partial charge is 0.334 e. The number of nitrogens with zero attached hydrogens (tertiary/aromatic N) is 3. The standard InChI is InChI=1S/C17H16ClN3O/c1-11(2)10-12-5-7-13(8-6-12)17-20-16(21-22-17)14-4-3-9-19-15(14)18/h3-9,11H,10H2,1-2H3. The van der Waals surface area contributed by atoms with E-state index in [0.29, 0.717) is 28.3 Å². The van der Waals surface area contributed by atoms with Crippen molar-refractivity contribution in [1.82, 2.24) is 15.1 Å². The molecular formula is C17H16ClN3O. The van der Waals surface area contributed by atoms with Crippen LogP contribution < -0.4 is 0 Å². The van der Waals surface area contributed by atoms with E-state index in [-0.39, 0.29) is 0 Å². The van der Waals surface area contributed by atoms with Crippen molar-refractivity contribution in [3.05, 3.63) is 53.3 Å². The number of pyridine rings is 1. The Morgan fingerprint density at radius 1 is 1.14 bits per heavy atom. The van der Waals surface area contributed by atoms with Crippen LogP contribution >= 0.6 is 11.6 Å². The van der Waals surface area contributed by atoms with Crippen molar-refractivity contribution in [3.8, 4) is 22.8 Å². The van der Waals surface area contributed by atoms with Crippen LogP contribution in [0, 0.1) is 5.92 Å². The Hall–Kier alpha value is -2.20. The number of rotatable bonds is 4. The third kappa shape index (κ3) is 3.17. The molecule has 0 aliphatic rings. The van der Waals surface area contributed by atoms with Crippen LogP contribution in [0.5, 0.6) is 0 Å². The van der Waals surface area contributed by atoms with Crippen LogP contribution in [0.2, 0.25) is 5.15 Å². The van der Waals surface area contributed by atoms with Crippen LogP contribution in [0.1, 0.15) is 19.4 Å². The third-order valence-corrected chi connectivity index (χ3v) is 3.57. The van der Waals surface area contributed by atoms with Gasteiger partial charge < -0.3 is 4.52 Å². The van der Waals surface area contributed by atoms with E-state index in [9.17, 15) is 0 Å². The highest BCUT2D eigenvalue weighted by atomic mass is 35.5. The Kier molecular flexibility index (Phi) is 4.20. The summed E-state index contributed by atoms with van der Waals surface area (Å²) in [6.45, 7) is 4.41. The lowest BCUT2D eigenvalue weighted by molar-refractivity contribution is 0.432. The summed E-state index contributed by atoms with van der Waals surface area (Å²) in [4.78, 5) is 8.42. The summed E-state index contributed by atoms with van der Waals surface area (Å²) in [6.07, 6.45) is 2.68. The van der Waals surface area contributed by atoms with Gasteiger partial charge in [-0.3, -0.25) is 0 Å². The Bertz CT molecular complexity index is 766. The van der Waals surface area contributed by atoms with Crippen LogP contribution in [0.15, 0.2) is 47.1 Å². The maximum absolute atomic E-state index is 6.05. The molecule has 0 radical (unpaired) electrons. The van der Waals surface area contributed by atoms with Gasteiger partial charge in [0.15, 0.2) is 0 Å². The van der Waals surface area contributed by atoms with E-state index in [1.165, 1.54) is 5.56 Å². The summed E-state index contributed by atoms with van der Waals surface area (Å²) in [6, 6.07) is 11.8. The molecule has 0 N–H and O–H groups in total. The molecule has 0 bridgehead atoms. The first-order valence-corrected chi connectivity index (χ1v) is 7.55. The molecule has 5 heteroatoms. The molecule has 0 spiro atoms. The molecule has 0 aliphatic carbocycles. The molecule has 0 amide bonds. The molecule has 22 heavy (non-hydrogen) atoms. The Balaban J connectivity index is 1.86. The van der Waals surface area contributed by atoms with Crippen molar-refractivity contribution in [3.63, 3.8) is 0 Å². The quantitative estimate of drug-likeness (QED) is 0.658. The third-order valence-electron chi connectivity index (χ3n) is 3.27. The topological polar surface area (TPSA) is 51.8 Å². The summed E-state index contributed by atoms with van der Waals surface area (Å²) in [5.74, 6) is 1.55. The van der Waals surface area contributed by atoms with Crippen molar-refractivity contribution in [2.75, 3.05) is 0 Å². The van der Waals surface area contributed by atoms with Crippen LogP contribution in [0.3, 0.4) is 0 Å². The van der Waals surface area contributed by atoms with E-state index in [0.717, 1.165) is 12.0 Å². The lowest BCUT2D eigenvalue weighted by Crippen LogP contribution is -1.93. The van der Waals surface area contributed by atoms with Crippen LogP contribution in [0.4, 0.5) is 0 Å². The monoisotopic (exact) mass is 313 g/mol. The van der Waals surface area contributed by atoms with E-state index in [1.54, 1.807) is 12.3 Å². The summed E-state index contributed by atoms with van der Waals surface area (Å²) < 4.78 is 5.33. The van der Waals surface area contributed by atoms with Gasteiger partial charge in [-0.05, 0) is 42.2 Å². The van der Waals surface area contributed by atoms with Crippen molar-refractivity contribution < 1.29 is 4.52 Å². The first-order valence-electron chi connectivity index (χ1n) is 7.17. The molecule has 1 aromatic carbocycles. The van der Waals surface area contributed by atoms with Gasteiger partial charge >= 0.3 is 0 Å². The van der Waals surface area contributed by atoms with Crippen molar-refractivity contribution in [2.24, 2.45) is 5.92 Å². The number of hydrogen-bond donors (Lipinski definition) is 0. The first kappa shape index (κ1) is 14.7. The van der Waals surface area contributed by atoms with Gasteiger partial charge in [-0.1, -0.05) is 42.7 Å². The average Bonchev–Trinajstić information content (AvgIpc) is 2.97. The van der Waals surface area contributed by atoms with Gasteiger partial charge in [0.2, 0.25) is 5.82 Å². The zero-order valence-electron chi connectivity index (χ0n) is 12.5. The van der Waals surface area contributed by atoms with Crippen LogP contribution in [-0.4, -0.2) is 15.1 Å². The van der Waals surface area contributed by atoms with Gasteiger partial charge in [-0.15, -0.1) is 0 Å². The SMILES string of the molecule is CC(C)Cc1ccc(-c2nc(-c3cccnc3Cl)no2)cc1.